The molecule has 4 rings (SSSR count). The van der Waals surface area contributed by atoms with Gasteiger partial charge >= 0.3 is 0 Å². The van der Waals surface area contributed by atoms with Crippen LogP contribution in [0.25, 0.3) is 0 Å². The van der Waals surface area contributed by atoms with Crippen LogP contribution in [0.2, 0.25) is 0 Å². The van der Waals surface area contributed by atoms with Gasteiger partial charge in [0.25, 0.3) is 5.91 Å². The normalized spacial score (nSPS) is 15.8. The molecule has 4 nitrogen and oxygen atoms in total. The zero-order chi connectivity index (χ0) is 13.5. The van der Waals surface area contributed by atoms with Crippen molar-refractivity contribution < 1.29 is 4.79 Å². The maximum atomic E-state index is 12.1. The van der Waals surface area contributed by atoms with Crippen LogP contribution in [0.4, 0.5) is 11.4 Å². The first-order valence-electron chi connectivity index (χ1n) is 6.30. The van der Waals surface area contributed by atoms with E-state index >= 15 is 0 Å². The molecule has 100 valence electrons. The SMILES string of the molecule is O=C(Nc1ccc2c(c1)N1CCN=C1S2)c1cccs1. The predicted molar refractivity (Wildman–Crippen MR) is 84.2 cm³/mol. The second-order valence-electron chi connectivity index (χ2n) is 4.53. The molecule has 2 aliphatic heterocycles. The molecule has 0 fully saturated rings. The van der Waals surface area contributed by atoms with E-state index in [0.717, 1.165) is 34.5 Å². The number of hydrogen-bond donors (Lipinski definition) is 1. The van der Waals surface area contributed by atoms with Crippen molar-refractivity contribution in [1.82, 2.24) is 0 Å². The largest absolute Gasteiger partial charge is 0.321 e. The monoisotopic (exact) mass is 301 g/mol. The molecule has 2 aromatic rings. The van der Waals surface area contributed by atoms with Crippen molar-refractivity contribution in [1.29, 1.82) is 0 Å². The summed E-state index contributed by atoms with van der Waals surface area (Å²) in [6.07, 6.45) is 0. The van der Waals surface area contributed by atoms with E-state index in [0.29, 0.717) is 0 Å². The molecule has 0 saturated carbocycles. The lowest BCUT2D eigenvalue weighted by Gasteiger charge is -2.13. The number of carbonyl (C=O) groups excluding carboxylic acids is 1. The van der Waals surface area contributed by atoms with Crippen LogP contribution in [0.5, 0.6) is 0 Å². The van der Waals surface area contributed by atoms with E-state index in [1.54, 1.807) is 11.8 Å². The summed E-state index contributed by atoms with van der Waals surface area (Å²) in [6, 6.07) is 9.73. The maximum absolute atomic E-state index is 12.1. The fourth-order valence-corrected chi connectivity index (χ4v) is 4.01. The molecule has 20 heavy (non-hydrogen) atoms. The molecule has 0 unspecified atom stereocenters. The number of thiophene rings is 1. The van der Waals surface area contributed by atoms with Gasteiger partial charge in [0.15, 0.2) is 5.17 Å². The topological polar surface area (TPSA) is 44.7 Å². The van der Waals surface area contributed by atoms with Gasteiger partial charge in [-0.15, -0.1) is 11.3 Å². The molecular weight excluding hydrogens is 290 g/mol. The summed E-state index contributed by atoms with van der Waals surface area (Å²) in [5.74, 6) is -0.0547. The van der Waals surface area contributed by atoms with E-state index in [9.17, 15) is 4.79 Å². The van der Waals surface area contributed by atoms with Crippen molar-refractivity contribution in [2.75, 3.05) is 23.3 Å². The van der Waals surface area contributed by atoms with Gasteiger partial charge in [-0.25, -0.2) is 0 Å². The predicted octanol–water partition coefficient (Wildman–Crippen LogP) is 3.28. The molecule has 0 radical (unpaired) electrons. The number of benzene rings is 1. The molecule has 1 aromatic carbocycles. The van der Waals surface area contributed by atoms with Crippen LogP contribution >= 0.6 is 23.1 Å². The van der Waals surface area contributed by atoms with E-state index in [4.69, 9.17) is 0 Å². The molecule has 1 N–H and O–H groups in total. The number of anilines is 2. The first-order valence-corrected chi connectivity index (χ1v) is 7.99. The number of carbonyl (C=O) groups is 1. The number of amides is 1. The van der Waals surface area contributed by atoms with Gasteiger partial charge in [-0.05, 0) is 41.4 Å². The highest BCUT2D eigenvalue weighted by molar-refractivity contribution is 8.14. The van der Waals surface area contributed by atoms with Crippen molar-refractivity contribution >= 4 is 45.5 Å². The molecule has 0 bridgehead atoms. The van der Waals surface area contributed by atoms with Crippen molar-refractivity contribution in [3.05, 3.63) is 40.6 Å². The fourth-order valence-electron chi connectivity index (χ4n) is 2.33. The van der Waals surface area contributed by atoms with Crippen LogP contribution in [0.1, 0.15) is 9.67 Å². The third-order valence-corrected chi connectivity index (χ3v) is 5.22. The Morgan fingerprint density at radius 2 is 2.30 bits per heavy atom. The minimum absolute atomic E-state index is 0.0547. The summed E-state index contributed by atoms with van der Waals surface area (Å²) >= 11 is 3.14. The molecule has 0 saturated heterocycles. The number of rotatable bonds is 2. The van der Waals surface area contributed by atoms with Crippen molar-refractivity contribution in [3.8, 4) is 0 Å². The van der Waals surface area contributed by atoms with E-state index in [-0.39, 0.29) is 5.91 Å². The van der Waals surface area contributed by atoms with Crippen LogP contribution < -0.4 is 10.2 Å². The Morgan fingerprint density at radius 1 is 1.35 bits per heavy atom. The van der Waals surface area contributed by atoms with Crippen molar-refractivity contribution in [2.24, 2.45) is 4.99 Å². The Labute approximate surface area is 124 Å². The fraction of sp³-hybridized carbons (Fsp3) is 0.143. The van der Waals surface area contributed by atoms with E-state index in [2.05, 4.69) is 15.2 Å². The van der Waals surface area contributed by atoms with Crippen LogP contribution in [-0.2, 0) is 0 Å². The molecule has 6 heteroatoms. The minimum Gasteiger partial charge on any atom is -0.321 e. The van der Waals surface area contributed by atoms with Gasteiger partial charge in [0, 0.05) is 17.1 Å². The number of nitrogens with zero attached hydrogens (tertiary/aromatic N) is 2. The third kappa shape index (κ3) is 1.92. The van der Waals surface area contributed by atoms with Gasteiger partial charge in [0.2, 0.25) is 0 Å². The maximum Gasteiger partial charge on any atom is 0.265 e. The Kier molecular flexibility index (Phi) is 2.78. The van der Waals surface area contributed by atoms with Crippen molar-refractivity contribution in [2.45, 2.75) is 4.90 Å². The van der Waals surface area contributed by atoms with Gasteiger partial charge in [0.05, 0.1) is 17.1 Å². The summed E-state index contributed by atoms with van der Waals surface area (Å²) in [5.41, 5.74) is 1.98. The van der Waals surface area contributed by atoms with Crippen LogP contribution in [0, 0.1) is 0 Å². The summed E-state index contributed by atoms with van der Waals surface area (Å²) < 4.78 is 0. The first-order chi connectivity index (χ1) is 9.81. The standard InChI is InChI=1S/C14H11N3OS2/c18-13(12-2-1-7-19-12)16-9-3-4-11-10(8-9)17-6-5-15-14(17)20-11/h1-4,7-8H,5-6H2,(H,16,18). The molecule has 0 aliphatic carbocycles. The molecule has 1 aromatic heterocycles. The highest BCUT2D eigenvalue weighted by Crippen LogP contribution is 2.43. The number of amidine groups is 1. The van der Waals surface area contributed by atoms with Gasteiger partial charge in [-0.3, -0.25) is 9.79 Å². The summed E-state index contributed by atoms with van der Waals surface area (Å²) in [7, 11) is 0. The lowest BCUT2D eigenvalue weighted by Crippen LogP contribution is -2.20. The van der Waals surface area contributed by atoms with Crippen molar-refractivity contribution in [3.63, 3.8) is 0 Å². The highest BCUT2D eigenvalue weighted by atomic mass is 32.2. The Morgan fingerprint density at radius 3 is 3.15 bits per heavy atom. The second-order valence-corrected chi connectivity index (χ2v) is 6.49. The third-order valence-electron chi connectivity index (χ3n) is 3.26. The Balaban J connectivity index is 1.61. The number of fused-ring (bicyclic) bond motifs is 3. The minimum atomic E-state index is -0.0547. The van der Waals surface area contributed by atoms with E-state index in [1.165, 1.54) is 16.2 Å². The number of thioether (sulfide) groups is 1. The summed E-state index contributed by atoms with van der Waals surface area (Å²) in [5, 5.41) is 5.92. The van der Waals surface area contributed by atoms with Crippen LogP contribution in [0.3, 0.4) is 0 Å². The van der Waals surface area contributed by atoms with E-state index < -0.39 is 0 Å². The molecule has 0 spiro atoms. The highest BCUT2D eigenvalue weighted by Gasteiger charge is 2.29. The lowest BCUT2D eigenvalue weighted by atomic mass is 10.2. The van der Waals surface area contributed by atoms with Gasteiger partial charge in [0.1, 0.15) is 0 Å². The summed E-state index contributed by atoms with van der Waals surface area (Å²) in [4.78, 5) is 20.7. The number of hydrogen-bond acceptors (Lipinski definition) is 5. The lowest BCUT2D eigenvalue weighted by molar-refractivity contribution is 0.103. The smallest absolute Gasteiger partial charge is 0.265 e. The van der Waals surface area contributed by atoms with E-state index in [1.807, 2.05) is 35.7 Å². The Hall–Kier alpha value is -1.79. The average Bonchev–Trinajstić information content (AvgIpc) is 3.15. The molecule has 0 atom stereocenters. The first kappa shape index (κ1) is 12.0. The number of aliphatic imine (C=N–C) groups is 1. The molecule has 2 aliphatic rings. The molecular formula is C14H11N3OS2. The van der Waals surface area contributed by atoms with Gasteiger partial charge < -0.3 is 10.2 Å². The second kappa shape index (κ2) is 4.64. The summed E-state index contributed by atoms with van der Waals surface area (Å²) in [6.45, 7) is 1.78. The Bertz CT molecular complexity index is 709. The quantitative estimate of drug-likeness (QED) is 0.926. The number of nitrogens with one attached hydrogen (secondary N) is 1. The molecule has 1 amide bonds. The van der Waals surface area contributed by atoms with Gasteiger partial charge in [-0.2, -0.15) is 0 Å². The molecule has 3 heterocycles. The zero-order valence-electron chi connectivity index (χ0n) is 10.5. The van der Waals surface area contributed by atoms with Gasteiger partial charge in [-0.1, -0.05) is 6.07 Å². The average molecular weight is 301 g/mol. The van der Waals surface area contributed by atoms with Crippen LogP contribution in [0.15, 0.2) is 45.6 Å². The van der Waals surface area contributed by atoms with Crippen LogP contribution in [-0.4, -0.2) is 24.2 Å². The zero-order valence-corrected chi connectivity index (χ0v) is 12.1.